The predicted molar refractivity (Wildman–Crippen MR) is 84.5 cm³/mol. The molecule has 1 saturated heterocycles. The molecule has 20 heavy (non-hydrogen) atoms. The van der Waals surface area contributed by atoms with Gasteiger partial charge in [-0.25, -0.2) is 0 Å². The van der Waals surface area contributed by atoms with Gasteiger partial charge in [0.25, 0.3) is 0 Å². The van der Waals surface area contributed by atoms with Crippen LogP contribution >= 0.6 is 11.8 Å². The van der Waals surface area contributed by atoms with Crippen molar-refractivity contribution in [3.63, 3.8) is 0 Å². The van der Waals surface area contributed by atoms with E-state index in [2.05, 4.69) is 36.3 Å². The maximum atomic E-state index is 9.62. The van der Waals surface area contributed by atoms with E-state index in [0.717, 1.165) is 18.8 Å². The Morgan fingerprint density at radius 1 is 1.45 bits per heavy atom. The second-order valence-electron chi connectivity index (χ2n) is 5.53. The molecule has 0 bridgehead atoms. The van der Waals surface area contributed by atoms with Crippen molar-refractivity contribution < 1.29 is 9.84 Å². The van der Waals surface area contributed by atoms with Crippen LogP contribution in [0.15, 0.2) is 23.1 Å². The van der Waals surface area contributed by atoms with Crippen LogP contribution in [0.5, 0.6) is 5.75 Å². The summed E-state index contributed by atoms with van der Waals surface area (Å²) in [4.78, 5) is 3.57. The minimum Gasteiger partial charge on any atom is -0.496 e. The van der Waals surface area contributed by atoms with E-state index in [1.807, 2.05) is 0 Å². The van der Waals surface area contributed by atoms with E-state index in [1.54, 1.807) is 18.9 Å². The van der Waals surface area contributed by atoms with E-state index in [9.17, 15) is 5.11 Å². The Balaban J connectivity index is 2.12. The summed E-state index contributed by atoms with van der Waals surface area (Å²) in [6, 6.07) is 6.71. The molecule has 1 aliphatic heterocycles. The van der Waals surface area contributed by atoms with Crippen molar-refractivity contribution in [1.29, 1.82) is 0 Å². The largest absolute Gasteiger partial charge is 0.496 e. The Kier molecular flexibility index (Phi) is 5.75. The molecule has 1 heterocycles. The average Bonchev–Trinajstić information content (AvgIpc) is 2.47. The first-order valence-electron chi connectivity index (χ1n) is 7.25. The molecular weight excluding hydrogens is 270 g/mol. The number of piperidine rings is 1. The number of aliphatic hydroxyl groups excluding tert-OH is 1. The third kappa shape index (κ3) is 3.48. The number of ether oxygens (including phenoxy) is 1. The monoisotopic (exact) mass is 295 g/mol. The second-order valence-corrected chi connectivity index (χ2v) is 6.38. The van der Waals surface area contributed by atoms with E-state index in [1.165, 1.54) is 23.3 Å². The van der Waals surface area contributed by atoms with Crippen LogP contribution in [0, 0.1) is 5.92 Å². The van der Waals surface area contributed by atoms with Crippen molar-refractivity contribution in [3.8, 4) is 5.75 Å². The lowest BCUT2D eigenvalue weighted by Gasteiger charge is -2.39. The fourth-order valence-corrected chi connectivity index (χ4v) is 3.59. The van der Waals surface area contributed by atoms with Crippen LogP contribution in [0.4, 0.5) is 0 Å². The van der Waals surface area contributed by atoms with Crippen LogP contribution in [0.2, 0.25) is 0 Å². The number of rotatable bonds is 5. The quantitative estimate of drug-likeness (QED) is 0.847. The fraction of sp³-hybridized carbons (Fsp3) is 0.625. The molecule has 0 spiro atoms. The van der Waals surface area contributed by atoms with E-state index < -0.39 is 0 Å². The molecule has 112 valence electrons. The highest BCUT2D eigenvalue weighted by molar-refractivity contribution is 7.98. The van der Waals surface area contributed by atoms with Crippen molar-refractivity contribution in [2.45, 2.75) is 37.2 Å². The Morgan fingerprint density at radius 3 is 2.90 bits per heavy atom. The molecule has 2 atom stereocenters. The number of hydrogen-bond acceptors (Lipinski definition) is 4. The third-order valence-electron chi connectivity index (χ3n) is 4.25. The van der Waals surface area contributed by atoms with Gasteiger partial charge in [0.15, 0.2) is 0 Å². The average molecular weight is 295 g/mol. The molecule has 3 nitrogen and oxygen atoms in total. The highest BCUT2D eigenvalue weighted by Crippen LogP contribution is 2.30. The number of likely N-dealkylation sites (tertiary alicyclic amines) is 1. The summed E-state index contributed by atoms with van der Waals surface area (Å²) in [5, 5.41) is 9.62. The zero-order chi connectivity index (χ0) is 14.5. The number of hydrogen-bond donors (Lipinski definition) is 1. The molecule has 4 heteroatoms. The van der Waals surface area contributed by atoms with E-state index >= 15 is 0 Å². The standard InChI is InChI=1S/C16H25NO2S/c1-12-5-4-8-17(14(12)11-18)10-13-6-7-16(20-3)15(9-13)19-2/h6-7,9,12,14,18H,4-5,8,10-11H2,1-3H3. The Bertz CT molecular complexity index is 438. The van der Waals surface area contributed by atoms with Gasteiger partial charge in [-0.2, -0.15) is 0 Å². The highest BCUT2D eigenvalue weighted by atomic mass is 32.2. The predicted octanol–water partition coefficient (Wildman–Crippen LogP) is 3.01. The molecule has 2 rings (SSSR count). The summed E-state index contributed by atoms with van der Waals surface area (Å²) < 4.78 is 5.45. The number of aliphatic hydroxyl groups is 1. The van der Waals surface area contributed by atoms with Gasteiger partial charge in [0.05, 0.1) is 13.7 Å². The summed E-state index contributed by atoms with van der Waals surface area (Å²) in [6.07, 6.45) is 4.50. The van der Waals surface area contributed by atoms with Gasteiger partial charge in [0, 0.05) is 17.5 Å². The highest BCUT2D eigenvalue weighted by Gasteiger charge is 2.27. The molecule has 0 aromatic heterocycles. The Labute approximate surface area is 126 Å². The summed E-state index contributed by atoms with van der Waals surface area (Å²) in [7, 11) is 1.72. The molecule has 2 unspecified atom stereocenters. The van der Waals surface area contributed by atoms with E-state index in [-0.39, 0.29) is 12.6 Å². The SMILES string of the molecule is COc1cc(CN2CCCC(C)C2CO)ccc1SC. The molecule has 0 aliphatic carbocycles. The summed E-state index contributed by atoms with van der Waals surface area (Å²) in [6.45, 7) is 4.45. The van der Waals surface area contributed by atoms with E-state index in [0.29, 0.717) is 5.92 Å². The lowest BCUT2D eigenvalue weighted by molar-refractivity contribution is 0.0472. The maximum Gasteiger partial charge on any atom is 0.132 e. The van der Waals surface area contributed by atoms with Crippen LogP contribution in [-0.4, -0.2) is 42.6 Å². The normalized spacial score (nSPS) is 23.8. The summed E-state index contributed by atoms with van der Waals surface area (Å²) >= 11 is 1.70. The molecule has 0 radical (unpaired) electrons. The molecule has 1 aliphatic rings. The van der Waals surface area contributed by atoms with Gasteiger partial charge >= 0.3 is 0 Å². The molecule has 0 saturated carbocycles. The van der Waals surface area contributed by atoms with Gasteiger partial charge in [-0.15, -0.1) is 11.8 Å². The van der Waals surface area contributed by atoms with Gasteiger partial charge in [-0.05, 0) is 49.3 Å². The lowest BCUT2D eigenvalue weighted by Crippen LogP contribution is -2.45. The molecule has 1 N–H and O–H groups in total. The van der Waals surface area contributed by atoms with E-state index in [4.69, 9.17) is 4.74 Å². The fourth-order valence-electron chi connectivity index (χ4n) is 3.04. The minimum atomic E-state index is 0.251. The van der Waals surface area contributed by atoms with Gasteiger partial charge in [0.1, 0.15) is 5.75 Å². The van der Waals surface area contributed by atoms with Crippen LogP contribution in [-0.2, 0) is 6.54 Å². The first-order valence-corrected chi connectivity index (χ1v) is 8.48. The van der Waals surface area contributed by atoms with Crippen molar-refractivity contribution in [2.75, 3.05) is 26.5 Å². The second kappa shape index (κ2) is 7.34. The number of methoxy groups -OCH3 is 1. The van der Waals surface area contributed by atoms with Crippen molar-refractivity contribution in [2.24, 2.45) is 5.92 Å². The van der Waals surface area contributed by atoms with Gasteiger partial charge in [-0.3, -0.25) is 4.90 Å². The van der Waals surface area contributed by atoms with Gasteiger partial charge in [-0.1, -0.05) is 13.0 Å². The number of nitrogens with zero attached hydrogens (tertiary/aromatic N) is 1. The zero-order valence-corrected chi connectivity index (χ0v) is 13.4. The van der Waals surface area contributed by atoms with Crippen molar-refractivity contribution in [1.82, 2.24) is 4.90 Å². The molecule has 1 aromatic carbocycles. The molecular formula is C16H25NO2S. The number of thioether (sulfide) groups is 1. The Morgan fingerprint density at radius 2 is 2.25 bits per heavy atom. The van der Waals surface area contributed by atoms with Crippen molar-refractivity contribution >= 4 is 11.8 Å². The van der Waals surface area contributed by atoms with Gasteiger partial charge < -0.3 is 9.84 Å². The summed E-state index contributed by atoms with van der Waals surface area (Å²) in [5.74, 6) is 1.52. The summed E-state index contributed by atoms with van der Waals surface area (Å²) in [5.41, 5.74) is 1.26. The first kappa shape index (κ1) is 15.7. The van der Waals surface area contributed by atoms with Crippen LogP contribution in [0.3, 0.4) is 0 Å². The molecule has 1 fully saturated rings. The topological polar surface area (TPSA) is 32.7 Å². The van der Waals surface area contributed by atoms with Crippen LogP contribution in [0.25, 0.3) is 0 Å². The molecule has 0 amide bonds. The Hall–Kier alpha value is -0.710. The zero-order valence-electron chi connectivity index (χ0n) is 12.6. The third-order valence-corrected chi connectivity index (χ3v) is 5.03. The lowest BCUT2D eigenvalue weighted by atomic mass is 9.91. The minimum absolute atomic E-state index is 0.251. The smallest absolute Gasteiger partial charge is 0.132 e. The van der Waals surface area contributed by atoms with Gasteiger partial charge in [0.2, 0.25) is 0 Å². The first-order chi connectivity index (χ1) is 9.69. The van der Waals surface area contributed by atoms with Crippen LogP contribution in [0.1, 0.15) is 25.3 Å². The van der Waals surface area contributed by atoms with Crippen LogP contribution < -0.4 is 4.74 Å². The van der Waals surface area contributed by atoms with Crippen molar-refractivity contribution in [3.05, 3.63) is 23.8 Å². The molecule has 1 aromatic rings. The maximum absolute atomic E-state index is 9.62. The number of benzene rings is 1.